The number of carbonyl (C=O) groups excluding carboxylic acids is 8. The number of nitrogens with zero attached hydrogens (tertiary/aromatic N) is 6. The number of ether oxygens (including phenoxy) is 7. The van der Waals surface area contributed by atoms with Crippen LogP contribution in [0.2, 0.25) is 0 Å². The van der Waals surface area contributed by atoms with Crippen molar-refractivity contribution >= 4 is 132 Å². The van der Waals surface area contributed by atoms with Crippen LogP contribution in [0.1, 0.15) is 118 Å². The van der Waals surface area contributed by atoms with Gasteiger partial charge in [-0.1, -0.05) is 41.8 Å². The van der Waals surface area contributed by atoms with Gasteiger partial charge in [-0.3, -0.25) is 38.4 Å². The standard InChI is InChI=1S/C61H61N13O19S6/c1-21(48(62)80)63-49(81)30-18-97-57(69-30)42-34(76)12-26-40(70-42)29-16-95-55(66-29)33-20-98-59(86)41-27(15-87-5)37-25(10-9-11-28(37)64-41)14-91-36(78)13-35(77)43(58-74-44(53(85)65-33)61(99-58)93-60-47(90-8)46(89-7)45(79)24(4)92-60)73-51(83)32-19-96-56(68-32)39(23(3)88-6)72-52(84)38(22(2)75)71-50(82)31-17-94-54(26)67-31/h9-12,16-19,22,24,33,35,38,43,45-47,60,64,75-77,79H,1,13-15,20H2,2-8H3,(H2,62,80)(H,63,81)(H,65,85)(H,71,82)(H,72,84)(H,73,83). The van der Waals surface area contributed by atoms with Crippen molar-refractivity contribution in [2.24, 2.45) is 5.73 Å². The second kappa shape index (κ2) is 30.2. The third-order valence-corrected chi connectivity index (χ3v) is 21.2. The van der Waals surface area contributed by atoms with Gasteiger partial charge in [0.1, 0.15) is 113 Å². The molecule has 12 N–H and O–H groups in total. The van der Waals surface area contributed by atoms with Crippen LogP contribution in [0.4, 0.5) is 0 Å². The van der Waals surface area contributed by atoms with Gasteiger partial charge in [0.25, 0.3) is 29.5 Å². The minimum atomic E-state index is -1.92. The maximum atomic E-state index is 15.6. The van der Waals surface area contributed by atoms with E-state index in [1.165, 1.54) is 64.5 Å². The number of nitrogens with one attached hydrogen (secondary N) is 6. The van der Waals surface area contributed by atoms with Crippen LogP contribution in [0.25, 0.3) is 49.3 Å². The molecule has 10 unspecified atom stereocenters. The van der Waals surface area contributed by atoms with Crippen molar-refractivity contribution in [3.8, 4) is 43.5 Å². The van der Waals surface area contributed by atoms with Gasteiger partial charge >= 0.3 is 5.97 Å². The van der Waals surface area contributed by atoms with E-state index in [0.717, 1.165) is 57.1 Å². The molecule has 1 fully saturated rings. The third kappa shape index (κ3) is 15.0. The SMILES string of the molecule is C=C(NC(=O)c1csc(-c2nc3c(cc2O)-c2nc(cs2)C(=O)NC(C(C)O)C(=O)NC(=C(C)OC)c2nc(cs2)C(=O)NC2c4nc(c(OC5OC(C)C(O)C(OC)C5OC)s4)C(=O)NC(CSC(=O)c4[nH]c5cccc(c5c4COC)COC(=O)CC2O)c2nc-3cs2)n1)C(N)=O. The smallest absolute Gasteiger partial charge is 0.308 e. The number of rotatable bonds is 12. The number of aromatic nitrogens is 7. The van der Waals surface area contributed by atoms with Gasteiger partial charge in [0.05, 0.1) is 55.9 Å². The molecule has 1 aromatic carbocycles. The number of hydrogen-bond donors (Lipinski definition) is 11. The van der Waals surface area contributed by atoms with Crippen molar-refractivity contribution in [1.82, 2.24) is 61.5 Å². The Labute approximate surface area is 584 Å². The molecule has 8 aromatic rings. The van der Waals surface area contributed by atoms with Crippen molar-refractivity contribution in [2.75, 3.05) is 34.2 Å². The number of aromatic hydroxyl groups is 1. The van der Waals surface area contributed by atoms with Crippen LogP contribution in [0, 0.1) is 0 Å². The summed E-state index contributed by atoms with van der Waals surface area (Å²) in [6.07, 6.45) is -10.2. The van der Waals surface area contributed by atoms with Crippen molar-refractivity contribution < 1.29 is 91.9 Å². The predicted octanol–water partition coefficient (Wildman–Crippen LogP) is 4.21. The minimum Gasteiger partial charge on any atom is -0.506 e. The molecule has 7 aromatic heterocycles. The van der Waals surface area contributed by atoms with Crippen LogP contribution >= 0.6 is 68.4 Å². The molecular formula is C61H61N13O19S6. The highest BCUT2D eigenvalue weighted by Gasteiger charge is 2.47. The van der Waals surface area contributed by atoms with Crippen LogP contribution in [-0.4, -0.2) is 185 Å². The molecule has 10 atom stereocenters. The van der Waals surface area contributed by atoms with Crippen LogP contribution in [0.3, 0.4) is 0 Å². The van der Waals surface area contributed by atoms with Crippen LogP contribution < -0.4 is 37.1 Å². The first-order valence-electron chi connectivity index (χ1n) is 29.6. The molecule has 32 nitrogen and oxygen atoms in total. The van der Waals surface area contributed by atoms with Gasteiger partial charge in [-0.2, -0.15) is 0 Å². The Morgan fingerprint density at radius 2 is 1.54 bits per heavy atom. The number of nitrogens with two attached hydrogens (primary N) is 1. The topological polar surface area (TPSA) is 461 Å². The molecule has 11 rings (SSSR count). The summed E-state index contributed by atoms with van der Waals surface area (Å²) in [4.78, 5) is 144. The number of thioether (sulfide) groups is 1. The van der Waals surface area contributed by atoms with E-state index in [1.54, 1.807) is 30.5 Å². The number of carbonyl (C=O) groups is 8. The third-order valence-electron chi connectivity index (χ3n) is 15.7. The van der Waals surface area contributed by atoms with Crippen molar-refractivity contribution in [3.63, 3.8) is 0 Å². The second-order valence-electron chi connectivity index (χ2n) is 22.2. The number of fused-ring (bicyclic) bond motifs is 13. The molecule has 6 amide bonds. The van der Waals surface area contributed by atoms with E-state index in [0.29, 0.717) is 33.4 Å². The first kappa shape index (κ1) is 71.3. The number of pyridine rings is 1. The van der Waals surface area contributed by atoms with Gasteiger partial charge in [0, 0.05) is 70.6 Å². The van der Waals surface area contributed by atoms with Gasteiger partial charge < -0.3 is 90.9 Å². The molecule has 99 heavy (non-hydrogen) atoms. The molecular weight excluding hydrogens is 1410 g/mol. The fourth-order valence-electron chi connectivity index (χ4n) is 10.6. The summed E-state index contributed by atoms with van der Waals surface area (Å²) in [5, 5.41) is 64.7. The number of aliphatic hydroxyl groups excluding tert-OH is 3. The summed E-state index contributed by atoms with van der Waals surface area (Å²) in [5.74, 6) is -7.48. The van der Waals surface area contributed by atoms with Gasteiger partial charge in [-0.25, -0.2) is 29.9 Å². The average molecular weight is 1470 g/mol. The van der Waals surface area contributed by atoms with E-state index in [-0.39, 0.29) is 106 Å². The normalized spacial score (nSPS) is 22.7. The van der Waals surface area contributed by atoms with E-state index in [4.69, 9.17) is 53.8 Å². The summed E-state index contributed by atoms with van der Waals surface area (Å²) >= 11 is 5.04. The molecule has 38 heteroatoms. The number of allylic oxidation sites excluding steroid dienone is 1. The number of H-pyrrole nitrogens is 1. The molecule has 10 heterocycles. The molecule has 3 aliphatic heterocycles. The van der Waals surface area contributed by atoms with E-state index < -0.39 is 131 Å². The summed E-state index contributed by atoms with van der Waals surface area (Å²) in [5.41, 5.74) is 4.79. The average Bonchev–Trinajstić information content (AvgIpc) is 1.69. The first-order chi connectivity index (χ1) is 47.4. The van der Waals surface area contributed by atoms with Gasteiger partial charge in [-0.05, 0) is 38.5 Å². The molecule has 0 radical (unpaired) electrons. The molecule has 0 spiro atoms. The Balaban J connectivity index is 1.12. The molecule has 1 saturated heterocycles. The summed E-state index contributed by atoms with van der Waals surface area (Å²) in [6.45, 7) is 7.24. The zero-order chi connectivity index (χ0) is 70.8. The second-order valence-corrected chi connectivity index (χ2v) is 27.7. The number of primary amides is 1. The lowest BCUT2D eigenvalue weighted by Crippen LogP contribution is -2.59. The number of amides is 6. The predicted molar refractivity (Wildman–Crippen MR) is 359 cm³/mol. The molecule has 3 aliphatic rings. The first-order valence-corrected chi connectivity index (χ1v) is 34.9. The number of aromatic amines is 1. The van der Waals surface area contributed by atoms with Crippen molar-refractivity contribution in [3.05, 3.63) is 118 Å². The van der Waals surface area contributed by atoms with Crippen molar-refractivity contribution in [1.29, 1.82) is 0 Å². The quantitative estimate of drug-likeness (QED) is 0.0463. The lowest BCUT2D eigenvalue weighted by molar-refractivity contribution is -0.278. The number of esters is 1. The summed E-state index contributed by atoms with van der Waals surface area (Å²) in [7, 11) is 5.37. The Morgan fingerprint density at radius 3 is 2.24 bits per heavy atom. The zero-order valence-electron chi connectivity index (χ0n) is 53.1. The van der Waals surface area contributed by atoms with Gasteiger partial charge in [-0.15, -0.1) is 45.3 Å². The highest BCUT2D eigenvalue weighted by atomic mass is 32.2. The van der Waals surface area contributed by atoms with Gasteiger partial charge in [0.2, 0.25) is 22.4 Å². The van der Waals surface area contributed by atoms with E-state index >= 15 is 4.79 Å². The Kier molecular flexibility index (Phi) is 21.7. The van der Waals surface area contributed by atoms with Crippen LogP contribution in [0.5, 0.6) is 10.8 Å². The number of methoxy groups -OCH3 is 4. The number of cyclic esters (lactones) is 1. The zero-order valence-corrected chi connectivity index (χ0v) is 57.9. The molecule has 0 saturated carbocycles. The highest BCUT2D eigenvalue weighted by molar-refractivity contribution is 8.14. The Bertz CT molecular complexity index is 4540. The lowest BCUT2D eigenvalue weighted by atomic mass is 9.99. The Morgan fingerprint density at radius 1 is 0.828 bits per heavy atom. The summed E-state index contributed by atoms with van der Waals surface area (Å²) < 4.78 is 41.1. The number of aliphatic hydroxyl groups is 3. The van der Waals surface area contributed by atoms with E-state index in [1.807, 2.05) is 0 Å². The number of hydrogen-bond acceptors (Lipinski definition) is 31. The lowest BCUT2D eigenvalue weighted by Gasteiger charge is -2.41. The molecule has 0 aliphatic carbocycles. The highest BCUT2D eigenvalue weighted by Crippen LogP contribution is 2.43. The van der Waals surface area contributed by atoms with Crippen LogP contribution in [-0.2, 0) is 56.0 Å². The van der Waals surface area contributed by atoms with Crippen molar-refractivity contribution in [2.45, 2.75) is 101 Å². The van der Waals surface area contributed by atoms with E-state index in [9.17, 15) is 54.0 Å². The number of benzene rings is 1. The van der Waals surface area contributed by atoms with Crippen LogP contribution in [0.15, 0.2) is 63.8 Å². The maximum Gasteiger partial charge on any atom is 0.308 e. The van der Waals surface area contributed by atoms with Gasteiger partial charge in [0.15, 0.2) is 5.69 Å². The van der Waals surface area contributed by atoms with E-state index in [2.05, 4.69) is 53.1 Å². The fourth-order valence-corrected chi connectivity index (χ4v) is 15.9. The molecule has 12 bridgehead atoms. The largest absolute Gasteiger partial charge is 0.506 e. The minimum absolute atomic E-state index is 0.0150. The summed E-state index contributed by atoms with van der Waals surface area (Å²) in [6, 6.07) is 1.64. The maximum absolute atomic E-state index is 15.6. The Hall–Kier alpha value is -9.03. The fraction of sp³-hybridized carbons (Fsp3) is 0.344. The number of thiazole rings is 5. The molecule has 520 valence electrons. The monoisotopic (exact) mass is 1470 g/mol.